The molecule has 0 amide bonds. The van der Waals surface area contributed by atoms with E-state index in [9.17, 15) is 26.3 Å². The van der Waals surface area contributed by atoms with Gasteiger partial charge in [-0.1, -0.05) is 0 Å². The first-order valence-corrected chi connectivity index (χ1v) is 27.4. The molecule has 54 heavy (non-hydrogen) atoms. The van der Waals surface area contributed by atoms with Gasteiger partial charge in [-0.15, -0.1) is 0 Å². The van der Waals surface area contributed by atoms with E-state index < -0.39 is 54.4 Å². The fraction of sp³-hybridized carbons (Fsp3) is 0.0909. The van der Waals surface area contributed by atoms with Crippen LogP contribution in [-0.4, -0.2) is 5.43 Å². The molecule has 2 aliphatic rings. The van der Waals surface area contributed by atoms with E-state index in [-0.39, 0.29) is 11.5 Å². The number of hydrogen-bond donors (Lipinski definition) is 0. The maximum atomic E-state index is 14.0. The van der Waals surface area contributed by atoms with E-state index in [0.29, 0.717) is 0 Å². The molecule has 2 atom stereocenters. The summed E-state index contributed by atoms with van der Waals surface area (Å²) in [7, 11) is 0. The number of benzene rings is 6. The molecule has 6 aromatic rings. The number of alkyl halides is 6. The number of halogens is 6. The molecular weight excluding hydrogens is 794 g/mol. The molecule has 0 fully saturated rings. The fourth-order valence-corrected chi connectivity index (χ4v) is 44.7. The van der Waals surface area contributed by atoms with Crippen LogP contribution >= 0.6 is 0 Å². The first-order chi connectivity index (χ1) is 26.0. The van der Waals surface area contributed by atoms with Crippen molar-refractivity contribution in [1.82, 2.24) is 0 Å². The molecule has 0 saturated heterocycles. The van der Waals surface area contributed by atoms with Crippen LogP contribution in [0.15, 0.2) is 170 Å². The van der Waals surface area contributed by atoms with Gasteiger partial charge in [-0.25, -0.2) is 0 Å². The molecule has 0 bridgehead atoms. The molecule has 2 unspecified atom stereocenters. The number of rotatable bonds is 8. The summed E-state index contributed by atoms with van der Waals surface area (Å²) in [5.41, 5.74) is -0.296. The monoisotopic (exact) mass is 824 g/mol. The van der Waals surface area contributed by atoms with Gasteiger partial charge in [0.2, 0.25) is 0 Å². The van der Waals surface area contributed by atoms with Crippen molar-refractivity contribution >= 4 is 28.0 Å². The van der Waals surface area contributed by atoms with Gasteiger partial charge in [-0.2, -0.15) is 0 Å². The molecule has 0 aromatic heterocycles. The van der Waals surface area contributed by atoms with Gasteiger partial charge in [-0.3, -0.25) is 0 Å². The van der Waals surface area contributed by atoms with Crippen LogP contribution < -0.4 is 16.0 Å². The van der Waals surface area contributed by atoms with E-state index in [4.69, 9.17) is 5.63 Å². The van der Waals surface area contributed by atoms with E-state index in [1.165, 1.54) is 24.3 Å². The average Bonchev–Trinajstić information content (AvgIpc) is 3.82. The van der Waals surface area contributed by atoms with Crippen LogP contribution in [0.1, 0.15) is 40.6 Å². The minimum absolute atomic E-state index is 0.186. The molecule has 0 heterocycles. The third-order valence-electron chi connectivity index (χ3n) is 10.4. The third-order valence-corrected chi connectivity index (χ3v) is 41.1. The number of allylic oxidation sites excluding steroid dienone is 2. The van der Waals surface area contributed by atoms with Crippen molar-refractivity contribution in [1.29, 1.82) is 0 Å². The quantitative estimate of drug-likeness (QED) is 0.112. The van der Waals surface area contributed by atoms with Crippen molar-refractivity contribution < 1.29 is 50.2 Å². The standard InChI is InChI=1S/C12H10Si.2C9H7.2C7H5F3O.Zr/c1-3-7-11(8-4-1)13-12-9-5-2-6-10-12;2*1-2-5-9-7-3-6-8(9)4-1;2*8-7(9,10)5-1-3-6(11)4-2-5;/h1-10H;2*1-7H;2*1-4,11H;/q;;;;;+2/p-2. The van der Waals surface area contributed by atoms with Crippen LogP contribution in [-0.2, 0) is 30.6 Å². The summed E-state index contributed by atoms with van der Waals surface area (Å²) >= 11 is -6.42. The molecule has 0 N–H and O–H groups in total. The van der Waals surface area contributed by atoms with Gasteiger partial charge >= 0.3 is 313 Å². The molecule has 2 aliphatic carbocycles. The molecule has 0 aliphatic heterocycles. The summed E-state index contributed by atoms with van der Waals surface area (Å²) < 4.78 is 98.5. The molecule has 0 saturated carbocycles. The predicted molar refractivity (Wildman–Crippen MR) is 198 cm³/mol. The van der Waals surface area contributed by atoms with Crippen LogP contribution in [0.4, 0.5) is 26.3 Å². The molecule has 0 spiro atoms. The molecule has 8 rings (SSSR count). The van der Waals surface area contributed by atoms with Gasteiger partial charge in [0.25, 0.3) is 0 Å². The zero-order chi connectivity index (χ0) is 37.6. The average molecular weight is 826 g/mol. The molecule has 10 heteroatoms. The van der Waals surface area contributed by atoms with Crippen molar-refractivity contribution in [3.8, 4) is 11.5 Å². The summed E-state index contributed by atoms with van der Waals surface area (Å²) in [5, 5.41) is 1.88. The normalized spacial score (nSPS) is 16.5. The molecule has 270 valence electrons. The van der Waals surface area contributed by atoms with E-state index in [0.717, 1.165) is 56.9 Å². The Morgan fingerprint density at radius 1 is 0.426 bits per heavy atom. The van der Waals surface area contributed by atoms with E-state index >= 15 is 0 Å². The Morgan fingerprint density at radius 3 is 1.15 bits per heavy atom. The number of hydrogen-bond acceptors (Lipinski definition) is 2. The van der Waals surface area contributed by atoms with Gasteiger partial charge in [0.05, 0.1) is 0 Å². The summed E-state index contributed by atoms with van der Waals surface area (Å²) in [6.07, 6.45) is -0.933. The molecule has 6 aromatic carbocycles. The van der Waals surface area contributed by atoms with Gasteiger partial charge in [0.15, 0.2) is 0 Å². The Kier molecular flexibility index (Phi) is 9.18. The van der Waals surface area contributed by atoms with Crippen LogP contribution in [0, 0.1) is 0 Å². The zero-order valence-electron chi connectivity index (χ0n) is 28.6. The van der Waals surface area contributed by atoms with Crippen molar-refractivity contribution in [2.45, 2.75) is 19.6 Å². The Balaban J connectivity index is 1.61. The summed E-state index contributed by atoms with van der Waals surface area (Å²) in [6, 6.07) is 45.0. The van der Waals surface area contributed by atoms with Gasteiger partial charge in [0.1, 0.15) is 0 Å². The van der Waals surface area contributed by atoms with Crippen LogP contribution in [0.2, 0.25) is 0 Å². The van der Waals surface area contributed by atoms with E-state index in [1.807, 2.05) is 121 Å². The first-order valence-electron chi connectivity index (χ1n) is 17.4. The Hall–Kier alpha value is -4.92. The van der Waals surface area contributed by atoms with Crippen molar-refractivity contribution in [2.75, 3.05) is 0 Å². The fourth-order valence-electron chi connectivity index (χ4n) is 8.19. The van der Waals surface area contributed by atoms with Gasteiger partial charge < -0.3 is 0 Å². The van der Waals surface area contributed by atoms with Crippen molar-refractivity contribution in [3.63, 3.8) is 0 Å². The third kappa shape index (κ3) is 6.19. The second-order valence-electron chi connectivity index (χ2n) is 13.5. The molecular formula is C44H32F6O2SiZr. The first kappa shape index (κ1) is 36.1. The second kappa shape index (κ2) is 13.7. The SMILES string of the molecule is FC(F)(F)c1ccc([O][Zr]([O]c2ccc(C(F)(F)F)cc2)([CH]2C=Cc3ccccc32)([CH]2C=Cc3ccccc32)=[Si](c2ccccc2)c2ccccc2)cc1. The number of fused-ring (bicyclic) bond motifs is 2. The predicted octanol–water partition coefficient (Wildman–Crippen LogP) is 11.0. The van der Waals surface area contributed by atoms with Gasteiger partial charge in [-0.05, 0) is 0 Å². The maximum absolute atomic E-state index is 14.0. The van der Waals surface area contributed by atoms with Crippen LogP contribution in [0.3, 0.4) is 0 Å². The summed E-state index contributed by atoms with van der Waals surface area (Å²) in [6.45, 7) is 0. The van der Waals surface area contributed by atoms with E-state index in [1.54, 1.807) is 0 Å². The summed E-state index contributed by atoms with van der Waals surface area (Å²) in [5.74, 6) is 0.371. The minimum atomic E-state index is -6.42. The zero-order valence-corrected chi connectivity index (χ0v) is 32.0. The molecule has 2 nitrogen and oxygen atoms in total. The Bertz CT molecular complexity index is 2280. The van der Waals surface area contributed by atoms with Gasteiger partial charge in [0, 0.05) is 0 Å². The van der Waals surface area contributed by atoms with Crippen LogP contribution in [0.25, 0.3) is 12.2 Å². The second-order valence-corrected chi connectivity index (χ2v) is 35.0. The Labute approximate surface area is 310 Å². The molecule has 0 radical (unpaired) electrons. The van der Waals surface area contributed by atoms with E-state index in [2.05, 4.69) is 12.2 Å². The topological polar surface area (TPSA) is 18.5 Å². The summed E-state index contributed by atoms with van der Waals surface area (Å²) in [4.78, 5) is 0. The van der Waals surface area contributed by atoms with Crippen molar-refractivity contribution in [3.05, 3.63) is 203 Å². The van der Waals surface area contributed by atoms with Crippen LogP contribution in [0.5, 0.6) is 11.5 Å². The Morgan fingerprint density at radius 2 is 0.778 bits per heavy atom. The van der Waals surface area contributed by atoms with Crippen molar-refractivity contribution in [2.24, 2.45) is 0 Å².